The number of carbonyl (C=O) groups excluding carboxylic acids is 1. The van der Waals surface area contributed by atoms with Crippen molar-refractivity contribution in [3.63, 3.8) is 0 Å². The molecule has 1 fully saturated rings. The van der Waals surface area contributed by atoms with Crippen molar-refractivity contribution in [1.29, 1.82) is 0 Å². The summed E-state index contributed by atoms with van der Waals surface area (Å²) < 4.78 is 12.2. The lowest BCUT2D eigenvalue weighted by atomic mass is 9.98. The summed E-state index contributed by atoms with van der Waals surface area (Å²) >= 11 is 0. The molecule has 0 radical (unpaired) electrons. The third-order valence-electron chi connectivity index (χ3n) is 5.76. The van der Waals surface area contributed by atoms with Crippen molar-refractivity contribution in [2.45, 2.75) is 18.6 Å². The molecule has 4 aromatic heterocycles. The molecule has 0 aromatic carbocycles. The van der Waals surface area contributed by atoms with Crippen molar-refractivity contribution in [1.82, 2.24) is 34.8 Å². The lowest BCUT2D eigenvalue weighted by Gasteiger charge is -2.16. The number of nitrogens with one attached hydrogen (secondary N) is 1. The molecular formula is C23H24N8O4. The molecule has 1 amide bonds. The first-order valence-electron chi connectivity index (χ1n) is 11.0. The van der Waals surface area contributed by atoms with Gasteiger partial charge in [0.05, 0.1) is 30.2 Å². The van der Waals surface area contributed by atoms with E-state index in [4.69, 9.17) is 9.26 Å². The summed E-state index contributed by atoms with van der Waals surface area (Å²) in [7, 11) is 3.28. The Balaban J connectivity index is 1.36. The number of likely N-dealkylation sites (N-methyl/N-ethyl adjacent to an activating group) is 1. The Labute approximate surface area is 200 Å². The van der Waals surface area contributed by atoms with E-state index in [1.54, 1.807) is 43.2 Å². The summed E-state index contributed by atoms with van der Waals surface area (Å²) in [6.07, 6.45) is 3.72. The Morgan fingerprint density at radius 3 is 2.74 bits per heavy atom. The fourth-order valence-electron chi connectivity index (χ4n) is 3.81. The fraction of sp³-hybridized carbons (Fsp3) is 0.304. The van der Waals surface area contributed by atoms with E-state index in [0.29, 0.717) is 54.2 Å². The van der Waals surface area contributed by atoms with Gasteiger partial charge in [0, 0.05) is 51.6 Å². The predicted molar refractivity (Wildman–Crippen MR) is 124 cm³/mol. The van der Waals surface area contributed by atoms with Gasteiger partial charge in [0.2, 0.25) is 11.5 Å². The number of aliphatic hydroxyl groups is 1. The molecular weight excluding hydrogens is 452 g/mol. The maximum Gasteiger partial charge on any atom is 0.262 e. The van der Waals surface area contributed by atoms with Gasteiger partial charge in [0.1, 0.15) is 5.69 Å². The summed E-state index contributed by atoms with van der Waals surface area (Å²) in [4.78, 5) is 27.3. The molecule has 0 bridgehead atoms. The molecule has 5 rings (SSSR count). The number of pyridine rings is 1. The largest absolute Gasteiger partial charge is 0.383 e. The van der Waals surface area contributed by atoms with Crippen LogP contribution in [0, 0.1) is 0 Å². The molecule has 12 heteroatoms. The molecule has 12 nitrogen and oxygen atoms in total. The molecule has 4 aromatic rings. The lowest BCUT2D eigenvalue weighted by Crippen LogP contribution is -2.35. The topological polar surface area (TPSA) is 144 Å². The number of methoxy groups -OCH3 is 1. The van der Waals surface area contributed by atoms with Gasteiger partial charge in [-0.2, -0.15) is 5.10 Å². The van der Waals surface area contributed by atoms with E-state index in [9.17, 15) is 9.90 Å². The van der Waals surface area contributed by atoms with Crippen molar-refractivity contribution < 1.29 is 19.2 Å². The third-order valence-corrected chi connectivity index (χ3v) is 5.76. The number of nitrogens with zero attached hydrogens (tertiary/aromatic N) is 7. The summed E-state index contributed by atoms with van der Waals surface area (Å²) in [6.45, 7) is 1.65. The summed E-state index contributed by atoms with van der Waals surface area (Å²) in [5.74, 6) is 0.681. The van der Waals surface area contributed by atoms with Crippen molar-refractivity contribution in [2.24, 2.45) is 0 Å². The van der Waals surface area contributed by atoms with Crippen LogP contribution in [0.3, 0.4) is 0 Å². The Hall–Kier alpha value is -4.16. The van der Waals surface area contributed by atoms with Crippen LogP contribution in [-0.2, 0) is 21.7 Å². The first kappa shape index (κ1) is 22.6. The molecule has 180 valence electrons. The number of rotatable bonds is 8. The molecule has 1 unspecified atom stereocenters. The first-order valence-corrected chi connectivity index (χ1v) is 11.0. The van der Waals surface area contributed by atoms with Gasteiger partial charge >= 0.3 is 0 Å². The van der Waals surface area contributed by atoms with Crippen LogP contribution < -0.4 is 5.32 Å². The zero-order valence-electron chi connectivity index (χ0n) is 19.2. The second-order valence-electron chi connectivity index (χ2n) is 8.17. The molecule has 0 spiro atoms. The second-order valence-corrected chi connectivity index (χ2v) is 8.17. The highest BCUT2D eigenvalue weighted by molar-refractivity contribution is 5.87. The highest BCUT2D eigenvalue weighted by Crippen LogP contribution is 2.34. The number of amides is 1. The van der Waals surface area contributed by atoms with E-state index in [-0.39, 0.29) is 12.2 Å². The first-order chi connectivity index (χ1) is 17.0. The Bertz CT molecular complexity index is 1350. The molecule has 0 aliphatic carbocycles. The maximum absolute atomic E-state index is 12.4. The SMILES string of the molecule is COCCn1ccc(Nc2nccc(-c3cccc(-c4cc(C5(O)CCN(C)C5=O)on4)n3)n2)n1. The van der Waals surface area contributed by atoms with Crippen molar-refractivity contribution >= 4 is 17.7 Å². The minimum Gasteiger partial charge on any atom is -0.383 e. The summed E-state index contributed by atoms with van der Waals surface area (Å²) in [5.41, 5.74) is 0.412. The molecule has 1 atom stereocenters. The van der Waals surface area contributed by atoms with Gasteiger partial charge in [-0.25, -0.2) is 15.0 Å². The van der Waals surface area contributed by atoms with Crippen LogP contribution in [0.25, 0.3) is 22.8 Å². The van der Waals surface area contributed by atoms with E-state index in [2.05, 4.69) is 30.5 Å². The van der Waals surface area contributed by atoms with Gasteiger partial charge in [-0.3, -0.25) is 9.48 Å². The van der Waals surface area contributed by atoms with E-state index < -0.39 is 11.5 Å². The Morgan fingerprint density at radius 2 is 1.97 bits per heavy atom. The summed E-state index contributed by atoms with van der Waals surface area (Å²) in [6, 6.07) is 10.5. The number of hydrogen-bond donors (Lipinski definition) is 2. The van der Waals surface area contributed by atoms with Gasteiger partial charge < -0.3 is 24.6 Å². The average molecular weight is 476 g/mol. The van der Waals surface area contributed by atoms with Crippen molar-refractivity contribution in [3.05, 3.63) is 54.6 Å². The van der Waals surface area contributed by atoms with Crippen molar-refractivity contribution in [2.75, 3.05) is 32.6 Å². The van der Waals surface area contributed by atoms with Gasteiger partial charge in [0.15, 0.2) is 11.6 Å². The fourth-order valence-corrected chi connectivity index (χ4v) is 3.81. The van der Waals surface area contributed by atoms with E-state index >= 15 is 0 Å². The van der Waals surface area contributed by atoms with E-state index in [1.807, 2.05) is 24.4 Å². The number of anilines is 2. The second kappa shape index (κ2) is 9.24. The quantitative estimate of drug-likeness (QED) is 0.386. The minimum absolute atomic E-state index is 0.104. The zero-order chi connectivity index (χ0) is 24.4. The van der Waals surface area contributed by atoms with Gasteiger partial charge in [-0.1, -0.05) is 11.2 Å². The molecule has 1 saturated heterocycles. The van der Waals surface area contributed by atoms with Gasteiger partial charge in [0.25, 0.3) is 5.91 Å². The molecule has 5 heterocycles. The standard InChI is InChI=1S/C23H24N8O4/c1-30-11-8-23(33,21(30)32)19-14-18(29-35-19)16-5-3-4-15(25-16)17-6-9-24-22(26-17)27-20-7-10-31(28-20)12-13-34-2/h3-7,9-10,14,33H,8,11-13H2,1-2H3,(H,24,26,27,28). The normalized spacial score (nSPS) is 17.8. The molecule has 0 saturated carbocycles. The Kier molecular flexibility index (Phi) is 5.97. The van der Waals surface area contributed by atoms with Crippen LogP contribution >= 0.6 is 0 Å². The van der Waals surface area contributed by atoms with Crippen LogP contribution in [-0.4, -0.2) is 73.1 Å². The monoisotopic (exact) mass is 476 g/mol. The van der Waals surface area contributed by atoms with E-state index in [1.165, 1.54) is 4.90 Å². The number of likely N-dealkylation sites (tertiary alicyclic amines) is 1. The number of carbonyl (C=O) groups is 1. The van der Waals surface area contributed by atoms with Crippen LogP contribution in [0.5, 0.6) is 0 Å². The minimum atomic E-state index is -1.71. The Morgan fingerprint density at radius 1 is 1.17 bits per heavy atom. The molecule has 35 heavy (non-hydrogen) atoms. The summed E-state index contributed by atoms with van der Waals surface area (Å²) in [5, 5.41) is 22.3. The van der Waals surface area contributed by atoms with E-state index in [0.717, 1.165) is 0 Å². The van der Waals surface area contributed by atoms with Crippen LogP contribution in [0.2, 0.25) is 0 Å². The third kappa shape index (κ3) is 4.48. The van der Waals surface area contributed by atoms with Gasteiger partial charge in [-0.15, -0.1) is 0 Å². The highest BCUT2D eigenvalue weighted by atomic mass is 16.5. The van der Waals surface area contributed by atoms with Gasteiger partial charge in [-0.05, 0) is 18.2 Å². The number of ether oxygens (including phenoxy) is 1. The molecule has 2 N–H and O–H groups in total. The van der Waals surface area contributed by atoms with Crippen LogP contribution in [0.4, 0.5) is 11.8 Å². The zero-order valence-corrected chi connectivity index (χ0v) is 19.2. The lowest BCUT2D eigenvalue weighted by molar-refractivity contribution is -0.144. The smallest absolute Gasteiger partial charge is 0.262 e. The number of aromatic nitrogens is 6. The molecule has 1 aliphatic heterocycles. The van der Waals surface area contributed by atoms with Crippen LogP contribution in [0.15, 0.2) is 53.3 Å². The number of hydrogen-bond acceptors (Lipinski definition) is 10. The average Bonchev–Trinajstić information content (AvgIpc) is 3.61. The highest BCUT2D eigenvalue weighted by Gasteiger charge is 2.48. The predicted octanol–water partition coefficient (Wildman–Crippen LogP) is 1.83. The van der Waals surface area contributed by atoms with Crippen LogP contribution in [0.1, 0.15) is 12.2 Å². The van der Waals surface area contributed by atoms with Crippen molar-refractivity contribution in [3.8, 4) is 22.8 Å². The molecule has 1 aliphatic rings. The maximum atomic E-state index is 12.4.